The number of hydrazone groups is 1. The van der Waals surface area contributed by atoms with E-state index in [0.717, 1.165) is 11.3 Å². The Morgan fingerprint density at radius 2 is 1.97 bits per heavy atom. The average Bonchev–Trinajstić information content (AvgIpc) is 3.01. The highest BCUT2D eigenvalue weighted by Crippen LogP contribution is 2.19. The van der Waals surface area contributed by atoms with Crippen LogP contribution in [0.1, 0.15) is 31.2 Å². The highest BCUT2D eigenvalue weighted by atomic mass is 35.5. The zero-order valence-electron chi connectivity index (χ0n) is 15.7. The van der Waals surface area contributed by atoms with Crippen LogP contribution in [0.3, 0.4) is 0 Å². The molecule has 8 nitrogen and oxygen atoms in total. The van der Waals surface area contributed by atoms with Crippen molar-refractivity contribution in [2.45, 2.75) is 6.54 Å². The first-order valence-electron chi connectivity index (χ1n) is 8.58. The average molecular weight is 446 g/mol. The third kappa shape index (κ3) is 4.94. The summed E-state index contributed by atoms with van der Waals surface area (Å²) in [4.78, 5) is 36.1. The Morgan fingerprint density at radius 1 is 1.23 bits per heavy atom. The number of benzene rings is 2. The maximum absolute atomic E-state index is 12.3. The molecule has 2 aromatic carbocycles. The number of carbonyl (C=O) groups is 2. The molecule has 3 rings (SSSR count). The molecule has 0 unspecified atom stereocenters. The van der Waals surface area contributed by atoms with Crippen LogP contribution in [-0.2, 0) is 11.3 Å². The third-order valence-corrected chi connectivity index (χ3v) is 5.44. The molecule has 1 aromatic heterocycles. The summed E-state index contributed by atoms with van der Waals surface area (Å²) in [6, 6.07) is 12.5. The lowest BCUT2D eigenvalue weighted by Gasteiger charge is -2.06. The maximum Gasteiger partial charge on any atom is 0.337 e. The predicted molar refractivity (Wildman–Crippen MR) is 114 cm³/mol. The fraction of sp³-hybridized carbons (Fsp3) is 0.100. The van der Waals surface area contributed by atoms with Crippen LogP contribution in [0.4, 0.5) is 0 Å². The van der Waals surface area contributed by atoms with Crippen molar-refractivity contribution in [3.05, 3.63) is 84.9 Å². The molecule has 30 heavy (non-hydrogen) atoms. The number of rotatable bonds is 6. The van der Waals surface area contributed by atoms with Gasteiger partial charge in [-0.25, -0.2) is 10.2 Å². The number of phenolic OH excluding ortho intramolecular Hbond substituents is 1. The Hall–Kier alpha value is -3.43. The topological polar surface area (TPSA) is 110 Å². The molecule has 0 saturated carbocycles. The molecule has 10 heteroatoms. The van der Waals surface area contributed by atoms with Gasteiger partial charge in [-0.3, -0.25) is 14.2 Å². The number of methoxy groups -OCH3 is 1. The molecule has 154 valence electrons. The summed E-state index contributed by atoms with van der Waals surface area (Å²) < 4.78 is 6.03. The highest BCUT2D eigenvalue weighted by Gasteiger charge is 2.13. The maximum atomic E-state index is 12.3. The highest BCUT2D eigenvalue weighted by molar-refractivity contribution is 7.11. The third-order valence-electron chi connectivity index (χ3n) is 4.00. The molecule has 0 bridgehead atoms. The van der Waals surface area contributed by atoms with E-state index >= 15 is 0 Å². The number of esters is 1. The summed E-state index contributed by atoms with van der Waals surface area (Å²) in [7, 11) is 1.29. The van der Waals surface area contributed by atoms with Gasteiger partial charge in [-0.15, -0.1) is 0 Å². The normalized spacial score (nSPS) is 10.9. The van der Waals surface area contributed by atoms with Crippen molar-refractivity contribution in [3.8, 4) is 5.75 Å². The lowest BCUT2D eigenvalue weighted by Crippen LogP contribution is -2.17. The van der Waals surface area contributed by atoms with Gasteiger partial charge in [0.15, 0.2) is 0 Å². The standard InChI is InChI=1S/C20H16ClN3O5S/c1-29-19(27)14-6-2-4-12(8-14)11-24-17(21)16(30-20(24)28)10-22-23-18(26)13-5-3-7-15(25)9-13/h2-10,25H,11H2,1H3,(H,23,26). The number of ether oxygens (including phenoxy) is 1. The first-order valence-corrected chi connectivity index (χ1v) is 9.77. The van der Waals surface area contributed by atoms with E-state index in [1.807, 2.05) is 0 Å². The van der Waals surface area contributed by atoms with Gasteiger partial charge in [0.1, 0.15) is 10.9 Å². The van der Waals surface area contributed by atoms with Crippen LogP contribution < -0.4 is 10.3 Å². The lowest BCUT2D eigenvalue weighted by molar-refractivity contribution is 0.0600. The second kappa shape index (κ2) is 9.38. The number of aromatic hydroxyl groups is 1. The summed E-state index contributed by atoms with van der Waals surface area (Å²) >= 11 is 7.18. The van der Waals surface area contributed by atoms with Crippen LogP contribution in [0.2, 0.25) is 5.15 Å². The molecule has 0 aliphatic carbocycles. The second-order valence-electron chi connectivity index (χ2n) is 6.05. The van der Waals surface area contributed by atoms with E-state index in [2.05, 4.69) is 10.5 Å². The van der Waals surface area contributed by atoms with Crippen molar-refractivity contribution < 1.29 is 19.4 Å². The summed E-state index contributed by atoms with van der Waals surface area (Å²) in [6.07, 6.45) is 1.27. The number of halogens is 1. The van der Waals surface area contributed by atoms with Crippen molar-refractivity contribution in [3.63, 3.8) is 0 Å². The molecule has 0 spiro atoms. The summed E-state index contributed by atoms with van der Waals surface area (Å²) in [5, 5.41) is 13.4. The molecule has 3 aromatic rings. The van der Waals surface area contributed by atoms with Crippen LogP contribution >= 0.6 is 22.9 Å². The van der Waals surface area contributed by atoms with Crippen molar-refractivity contribution in [2.24, 2.45) is 5.10 Å². The molecule has 0 radical (unpaired) electrons. The van der Waals surface area contributed by atoms with E-state index < -0.39 is 11.9 Å². The molecule has 0 atom stereocenters. The SMILES string of the molecule is COC(=O)c1cccc(Cn2c(Cl)c(C=NNC(=O)c3cccc(O)c3)sc2=O)c1. The van der Waals surface area contributed by atoms with Gasteiger partial charge in [-0.05, 0) is 35.9 Å². The zero-order chi connectivity index (χ0) is 21.7. The minimum Gasteiger partial charge on any atom is -0.508 e. The largest absolute Gasteiger partial charge is 0.508 e. The van der Waals surface area contributed by atoms with Gasteiger partial charge in [0.2, 0.25) is 0 Å². The number of phenols is 1. The van der Waals surface area contributed by atoms with Crippen LogP contribution in [-0.4, -0.2) is 34.9 Å². The summed E-state index contributed by atoms with van der Waals surface area (Å²) in [6.45, 7) is 0.155. The molecule has 0 aliphatic rings. The Bertz CT molecular complexity index is 1190. The second-order valence-corrected chi connectivity index (χ2v) is 7.40. The lowest BCUT2D eigenvalue weighted by atomic mass is 10.1. The fourth-order valence-electron chi connectivity index (χ4n) is 2.58. The molecule has 1 amide bonds. The van der Waals surface area contributed by atoms with Crippen LogP contribution in [0.15, 0.2) is 58.4 Å². The van der Waals surface area contributed by atoms with Crippen molar-refractivity contribution in [1.29, 1.82) is 0 Å². The van der Waals surface area contributed by atoms with E-state index in [4.69, 9.17) is 16.3 Å². The first-order chi connectivity index (χ1) is 14.4. The van der Waals surface area contributed by atoms with Gasteiger partial charge in [0, 0.05) is 5.56 Å². The number of amides is 1. The number of hydrogen-bond acceptors (Lipinski definition) is 7. The number of nitrogens with one attached hydrogen (secondary N) is 1. The Morgan fingerprint density at radius 3 is 2.70 bits per heavy atom. The van der Waals surface area contributed by atoms with Crippen LogP contribution in [0, 0.1) is 0 Å². The number of hydrogen-bond donors (Lipinski definition) is 2. The molecular weight excluding hydrogens is 430 g/mol. The van der Waals surface area contributed by atoms with Gasteiger partial charge in [0.25, 0.3) is 5.91 Å². The Kier molecular flexibility index (Phi) is 6.65. The molecule has 2 N–H and O–H groups in total. The molecular formula is C20H16ClN3O5S. The number of aromatic nitrogens is 1. The van der Waals surface area contributed by atoms with Gasteiger partial charge in [0.05, 0.1) is 30.3 Å². The van der Waals surface area contributed by atoms with E-state index in [0.29, 0.717) is 16.0 Å². The van der Waals surface area contributed by atoms with Crippen LogP contribution in [0.5, 0.6) is 5.75 Å². The zero-order valence-corrected chi connectivity index (χ0v) is 17.2. The van der Waals surface area contributed by atoms with Gasteiger partial charge >= 0.3 is 10.8 Å². The van der Waals surface area contributed by atoms with E-state index in [1.165, 1.54) is 42.2 Å². The van der Waals surface area contributed by atoms with E-state index in [-0.39, 0.29) is 27.9 Å². The summed E-state index contributed by atoms with van der Waals surface area (Å²) in [5.41, 5.74) is 3.60. The quantitative estimate of drug-likeness (QED) is 0.344. The minimum atomic E-state index is -0.523. The Balaban J connectivity index is 1.74. The number of carbonyl (C=O) groups excluding carboxylic acids is 2. The monoisotopic (exact) mass is 445 g/mol. The van der Waals surface area contributed by atoms with Gasteiger partial charge in [-0.1, -0.05) is 41.1 Å². The smallest absolute Gasteiger partial charge is 0.337 e. The van der Waals surface area contributed by atoms with E-state index in [1.54, 1.807) is 24.3 Å². The number of nitrogens with zero attached hydrogens (tertiary/aromatic N) is 2. The van der Waals surface area contributed by atoms with Gasteiger partial charge in [-0.2, -0.15) is 5.10 Å². The Labute approximate surface area is 180 Å². The molecule has 0 fully saturated rings. The fourth-order valence-corrected chi connectivity index (χ4v) is 3.68. The predicted octanol–water partition coefficient (Wildman–Crippen LogP) is 2.87. The van der Waals surface area contributed by atoms with Crippen molar-refractivity contribution in [1.82, 2.24) is 9.99 Å². The van der Waals surface area contributed by atoms with E-state index in [9.17, 15) is 19.5 Å². The molecule has 1 heterocycles. The van der Waals surface area contributed by atoms with Crippen molar-refractivity contribution >= 4 is 41.0 Å². The number of thiazole rings is 1. The summed E-state index contributed by atoms with van der Waals surface area (Å²) in [5.74, 6) is -1.04. The molecule has 0 aliphatic heterocycles. The molecule has 0 saturated heterocycles. The van der Waals surface area contributed by atoms with Crippen molar-refractivity contribution in [2.75, 3.05) is 7.11 Å². The van der Waals surface area contributed by atoms with Gasteiger partial charge < -0.3 is 9.84 Å². The van der Waals surface area contributed by atoms with Crippen LogP contribution in [0.25, 0.3) is 0 Å². The first kappa shape index (κ1) is 21.3. The minimum absolute atomic E-state index is 0.0405.